The molecular weight excluding hydrogens is 1210 g/mol. The number of fused-ring (bicyclic) bond motifs is 1. The number of rotatable bonds is 44. The topological polar surface area (TPSA) is 325 Å². The van der Waals surface area contributed by atoms with Crippen molar-refractivity contribution in [2.75, 3.05) is 139 Å². The monoisotopic (exact) mass is 1290 g/mol. The first-order chi connectivity index (χ1) is 43.0. The van der Waals surface area contributed by atoms with Gasteiger partial charge in [0.2, 0.25) is 23.3 Å². The Morgan fingerprint density at radius 2 is 1.16 bits per heavy atom. The number of carbonyl (C=O) groups excluding carboxylic acids is 4. The molecule has 0 atom stereocenters. The van der Waals surface area contributed by atoms with Crippen LogP contribution in [0.15, 0.2) is 46.1 Å². The Morgan fingerprint density at radius 1 is 0.674 bits per heavy atom. The van der Waals surface area contributed by atoms with E-state index < -0.39 is 56.4 Å². The van der Waals surface area contributed by atoms with Crippen LogP contribution in [-0.2, 0) is 83.2 Å². The Kier molecular flexibility index (Phi) is 31.4. The molecule has 5 N–H and O–H groups in total. The van der Waals surface area contributed by atoms with Crippen molar-refractivity contribution in [1.82, 2.24) is 25.5 Å². The zero-order valence-electron chi connectivity index (χ0n) is 49.7. The summed E-state index contributed by atoms with van der Waals surface area (Å²) in [5, 5.41) is 5.76. The first-order valence-corrected chi connectivity index (χ1v) is 30.8. The van der Waals surface area contributed by atoms with Crippen molar-refractivity contribution in [3.05, 3.63) is 70.8 Å². The van der Waals surface area contributed by atoms with Crippen molar-refractivity contribution in [2.24, 2.45) is 10.7 Å². The second-order valence-electron chi connectivity index (χ2n) is 20.3. The molecule has 2 fully saturated rings. The molecule has 0 saturated heterocycles. The van der Waals surface area contributed by atoms with E-state index in [1.165, 1.54) is 0 Å². The summed E-state index contributed by atoms with van der Waals surface area (Å²) < 4.78 is 151. The molecule has 2 aliphatic carbocycles. The average Bonchev–Trinajstić information content (AvgIpc) is 1.46. The largest absolute Gasteiger partial charge is 0.446 e. The highest BCUT2D eigenvalue weighted by Crippen LogP contribution is 2.35. The molecule has 494 valence electrons. The number of amidine groups is 1. The number of nitrogens with two attached hydrogens (primary N) is 1. The second kappa shape index (κ2) is 39.0. The summed E-state index contributed by atoms with van der Waals surface area (Å²) >= 11 is 0. The van der Waals surface area contributed by atoms with E-state index in [4.69, 9.17) is 62.4 Å². The molecular formula is C58H79F4N7O19S. The van der Waals surface area contributed by atoms with Crippen molar-refractivity contribution in [1.29, 1.82) is 0 Å². The number of nitrogens with zero attached hydrogens (tertiary/aromatic N) is 4. The van der Waals surface area contributed by atoms with Gasteiger partial charge in [-0.15, -0.1) is 0 Å². The maximum Gasteiger partial charge on any atom is 0.407 e. The number of esters is 1. The SMILES string of the molecule is CCCN(C(=O)C1=Cc2ccc(-c3cnc(CNC(=O)CCOCCOCCOCCOCCOCCOCCOCCOCCOCCOCCC(=O)Oc4c(F)c(F)c(S(=O)(=O)O)c(F)c4F)nc3)cc2N=C(N)C1)C1CC(NC(=O)OC2CCC2)C1. The quantitative estimate of drug-likeness (QED) is 0.0145. The van der Waals surface area contributed by atoms with Crippen LogP contribution in [-0.4, -0.2) is 214 Å². The highest BCUT2D eigenvalue weighted by atomic mass is 32.2. The number of hydrogen-bond acceptors (Lipinski definition) is 22. The normalized spacial score (nSPS) is 15.7. The van der Waals surface area contributed by atoms with Gasteiger partial charge in [-0.1, -0.05) is 19.1 Å². The lowest BCUT2D eigenvalue weighted by Gasteiger charge is -2.43. The number of aliphatic imine (C=N–C) groups is 1. The molecule has 3 amide bonds. The van der Waals surface area contributed by atoms with E-state index in [1.807, 2.05) is 36.1 Å². The summed E-state index contributed by atoms with van der Waals surface area (Å²) in [7, 11) is -5.65. The van der Waals surface area contributed by atoms with Crippen LogP contribution in [0.3, 0.4) is 0 Å². The van der Waals surface area contributed by atoms with Gasteiger partial charge in [0.05, 0.1) is 151 Å². The van der Waals surface area contributed by atoms with Gasteiger partial charge in [-0.05, 0) is 56.2 Å². The lowest BCUT2D eigenvalue weighted by molar-refractivity contribution is -0.136. The Bertz CT molecular complexity index is 2880. The van der Waals surface area contributed by atoms with Crippen molar-refractivity contribution in [3.8, 4) is 16.9 Å². The third kappa shape index (κ3) is 25.1. The molecule has 26 nitrogen and oxygen atoms in total. The number of amides is 3. The average molecular weight is 1290 g/mol. The van der Waals surface area contributed by atoms with Crippen molar-refractivity contribution in [3.63, 3.8) is 0 Å². The van der Waals surface area contributed by atoms with Crippen LogP contribution in [0.4, 0.5) is 28.0 Å². The summed E-state index contributed by atoms with van der Waals surface area (Å²) in [5.41, 5.74) is 9.88. The highest BCUT2D eigenvalue weighted by Gasteiger charge is 2.39. The zero-order valence-corrected chi connectivity index (χ0v) is 50.5. The number of benzene rings is 2. The number of halogens is 4. The molecule has 1 aliphatic heterocycles. The maximum absolute atomic E-state index is 14.0. The van der Waals surface area contributed by atoms with Gasteiger partial charge in [-0.25, -0.2) is 28.5 Å². The van der Waals surface area contributed by atoms with Crippen LogP contribution in [0.2, 0.25) is 0 Å². The molecule has 0 spiro atoms. The van der Waals surface area contributed by atoms with Crippen molar-refractivity contribution >= 4 is 51.6 Å². The Labute approximate surface area is 513 Å². The summed E-state index contributed by atoms with van der Waals surface area (Å²) in [6, 6.07) is 5.67. The minimum Gasteiger partial charge on any atom is -0.446 e. The molecule has 1 aromatic heterocycles. The molecule has 2 aromatic carbocycles. The number of nitrogens with one attached hydrogen (secondary N) is 2. The first kappa shape index (κ1) is 71.7. The smallest absolute Gasteiger partial charge is 0.407 e. The fourth-order valence-corrected chi connectivity index (χ4v) is 9.35. The molecule has 0 radical (unpaired) electrons. The molecule has 3 aliphatic rings. The van der Waals surface area contributed by atoms with E-state index >= 15 is 0 Å². The van der Waals surface area contributed by atoms with Gasteiger partial charge in [0, 0.05) is 60.6 Å². The van der Waals surface area contributed by atoms with E-state index in [0.717, 1.165) is 42.4 Å². The Hall–Kier alpha value is -6.36. The fourth-order valence-electron chi connectivity index (χ4n) is 8.72. The summed E-state index contributed by atoms with van der Waals surface area (Å²) in [6.45, 7) is 8.38. The van der Waals surface area contributed by atoms with Crippen LogP contribution in [0, 0.1) is 23.3 Å². The van der Waals surface area contributed by atoms with Crippen LogP contribution < -0.4 is 21.1 Å². The molecule has 31 heteroatoms. The van der Waals surface area contributed by atoms with Gasteiger partial charge in [0.15, 0.2) is 16.5 Å². The predicted molar refractivity (Wildman–Crippen MR) is 308 cm³/mol. The number of hydrogen-bond donors (Lipinski definition) is 4. The Balaban J connectivity index is 0.667. The fraction of sp³-hybridized carbons (Fsp3) is 0.603. The van der Waals surface area contributed by atoms with Crippen molar-refractivity contribution < 1.29 is 107 Å². The Morgan fingerprint density at radius 3 is 1.62 bits per heavy atom. The number of ether oxygens (including phenoxy) is 12. The van der Waals surface area contributed by atoms with Crippen LogP contribution in [0.25, 0.3) is 17.2 Å². The first-order valence-electron chi connectivity index (χ1n) is 29.4. The molecule has 3 aromatic rings. The molecule has 2 heterocycles. The van der Waals surface area contributed by atoms with Gasteiger partial charge in [0.25, 0.3) is 5.91 Å². The minimum absolute atomic E-state index is 0.00361. The van der Waals surface area contributed by atoms with E-state index in [-0.39, 0.29) is 95.1 Å². The third-order valence-corrected chi connectivity index (χ3v) is 14.5. The molecule has 2 saturated carbocycles. The summed E-state index contributed by atoms with van der Waals surface area (Å²) in [5.74, 6) is -12.2. The standard InChI is InChI=1S/C58H79F4N7O19S/c1-2-10-69(44-34-43(35-44)67-58(73)87-45-4-3-5-45)57(72)41-31-40-7-6-39(32-46(40)68-47(63)33-41)42-36-64-48(65-37-42)38-66-49(70)8-11-77-13-15-79-17-19-81-21-23-83-25-27-85-29-30-86-28-26-84-24-22-82-20-18-80-16-14-78-12-9-50(71)88-55-51(59)53(61)56(89(74,75)76)54(62)52(55)60/h6-7,31-32,36-37,43-45H,2-5,8-30,33-35,38H2,1H3,(H2,63,68)(H,66,70)(H,67,73)(H,74,75,76). The van der Waals surface area contributed by atoms with Crippen molar-refractivity contribution in [2.45, 2.75) is 94.3 Å². The lowest BCUT2D eigenvalue weighted by atomic mass is 9.84. The number of carbonyl (C=O) groups is 4. The van der Waals surface area contributed by atoms with Crippen LogP contribution in [0.1, 0.15) is 76.1 Å². The van der Waals surface area contributed by atoms with Crippen LogP contribution in [0.5, 0.6) is 5.75 Å². The van der Waals surface area contributed by atoms with Gasteiger partial charge in [0.1, 0.15) is 17.8 Å². The zero-order chi connectivity index (χ0) is 63.8. The van der Waals surface area contributed by atoms with Gasteiger partial charge < -0.3 is 78.1 Å². The minimum atomic E-state index is -5.65. The van der Waals surface area contributed by atoms with Gasteiger partial charge in [-0.2, -0.15) is 17.2 Å². The summed E-state index contributed by atoms with van der Waals surface area (Å²) in [4.78, 5) is 63.7. The maximum atomic E-state index is 14.0. The second-order valence-corrected chi connectivity index (χ2v) is 21.7. The van der Waals surface area contributed by atoms with Gasteiger partial charge >= 0.3 is 22.2 Å². The van der Waals surface area contributed by atoms with E-state index in [2.05, 4.69) is 30.3 Å². The van der Waals surface area contributed by atoms with E-state index in [9.17, 15) is 45.2 Å². The molecule has 6 rings (SSSR count). The molecule has 0 bridgehead atoms. The molecule has 0 unspecified atom stereocenters. The van der Waals surface area contributed by atoms with Gasteiger partial charge in [-0.3, -0.25) is 18.9 Å². The highest BCUT2D eigenvalue weighted by molar-refractivity contribution is 7.85. The predicted octanol–water partition coefficient (Wildman–Crippen LogP) is 4.94. The number of alkyl carbamates (subject to hydrolysis) is 1. The number of aromatic nitrogens is 2. The van der Waals surface area contributed by atoms with E-state index in [1.54, 1.807) is 12.4 Å². The third-order valence-electron chi connectivity index (χ3n) is 13.6. The van der Waals surface area contributed by atoms with Crippen LogP contribution >= 0.6 is 0 Å². The lowest BCUT2D eigenvalue weighted by Crippen LogP contribution is -2.56. The summed E-state index contributed by atoms with van der Waals surface area (Å²) in [6.07, 6.45) is 9.65. The molecule has 89 heavy (non-hydrogen) atoms. The van der Waals surface area contributed by atoms with E-state index in [0.29, 0.717) is 135 Å².